The summed E-state index contributed by atoms with van der Waals surface area (Å²) in [7, 11) is 0. The molecule has 0 fully saturated rings. The Labute approximate surface area is 124 Å². The maximum absolute atomic E-state index is 11.0. The van der Waals surface area contributed by atoms with Crippen molar-refractivity contribution in [1.82, 2.24) is 9.97 Å². The molecule has 0 aliphatic carbocycles. The molecule has 0 saturated carbocycles. The van der Waals surface area contributed by atoms with Gasteiger partial charge in [-0.1, -0.05) is 17.7 Å². The summed E-state index contributed by atoms with van der Waals surface area (Å²) in [4.78, 5) is 18.2. The number of nitrogens with zero attached hydrogens (tertiary/aromatic N) is 3. The number of nitro benzene ring substituents is 1. The number of nitro groups is 1. The van der Waals surface area contributed by atoms with E-state index >= 15 is 0 Å². The van der Waals surface area contributed by atoms with Crippen LogP contribution < -0.4 is 10.5 Å². The van der Waals surface area contributed by atoms with E-state index in [4.69, 9.17) is 27.5 Å². The third-order valence-electron chi connectivity index (χ3n) is 2.45. The number of ether oxygens (including phenoxy) is 1. The van der Waals surface area contributed by atoms with Crippen LogP contribution >= 0.6 is 11.6 Å². The van der Waals surface area contributed by atoms with Gasteiger partial charge in [0.25, 0.3) is 0 Å². The highest BCUT2D eigenvalue weighted by molar-refractivity contribution is 6.32. The molecule has 2 rings (SSSR count). The summed E-state index contributed by atoms with van der Waals surface area (Å²) in [6.07, 6.45) is 0. The number of para-hydroxylation sites is 1. The lowest BCUT2D eigenvalue weighted by Crippen LogP contribution is -2.14. The van der Waals surface area contributed by atoms with Crippen LogP contribution in [0.5, 0.6) is 11.8 Å². The first-order valence-electron chi connectivity index (χ1n) is 5.69. The monoisotopic (exact) mass is 307 g/mol. The second-order valence-corrected chi connectivity index (χ2v) is 4.45. The minimum Gasteiger partial charge on any atom is -0.415 e. The van der Waals surface area contributed by atoms with Gasteiger partial charge in [0.1, 0.15) is 11.5 Å². The Kier molecular flexibility index (Phi) is 3.99. The molecule has 1 aromatic heterocycles. The maximum Gasteiger partial charge on any atom is 0.323 e. The third-order valence-corrected chi connectivity index (χ3v) is 2.74. The Bertz CT molecular complexity index is 735. The smallest absolute Gasteiger partial charge is 0.323 e. The molecule has 2 aromatic rings. The average Bonchev–Trinajstić information content (AvgIpc) is 2.40. The summed E-state index contributed by atoms with van der Waals surface area (Å²) in [6.45, 7) is 1.65. The number of nitrogens with two attached hydrogens (primary N) is 1. The Morgan fingerprint density at radius 3 is 2.81 bits per heavy atom. The van der Waals surface area contributed by atoms with Crippen LogP contribution in [-0.2, 0) is 0 Å². The summed E-state index contributed by atoms with van der Waals surface area (Å²) in [5.74, 6) is -0.428. The Hall–Kier alpha value is -2.74. The lowest BCUT2D eigenvalue weighted by Gasteiger charge is -2.08. The number of aromatic nitrogens is 2. The minimum atomic E-state index is -0.622. The van der Waals surface area contributed by atoms with Crippen molar-refractivity contribution in [1.29, 1.82) is 5.41 Å². The van der Waals surface area contributed by atoms with Gasteiger partial charge in [-0.3, -0.25) is 15.5 Å². The number of benzene rings is 1. The molecule has 3 N–H and O–H groups in total. The number of hydrogen-bond donors (Lipinski definition) is 2. The van der Waals surface area contributed by atoms with E-state index in [0.29, 0.717) is 5.69 Å². The zero-order chi connectivity index (χ0) is 15.6. The molecule has 0 atom stereocenters. The van der Waals surface area contributed by atoms with Gasteiger partial charge in [0.2, 0.25) is 5.75 Å². The first-order chi connectivity index (χ1) is 9.88. The molecule has 0 amide bonds. The zero-order valence-electron chi connectivity index (χ0n) is 10.8. The first-order valence-corrected chi connectivity index (χ1v) is 6.07. The topological polar surface area (TPSA) is 128 Å². The van der Waals surface area contributed by atoms with Crippen molar-refractivity contribution in [3.8, 4) is 11.8 Å². The van der Waals surface area contributed by atoms with Crippen molar-refractivity contribution < 1.29 is 9.66 Å². The zero-order valence-corrected chi connectivity index (χ0v) is 11.6. The van der Waals surface area contributed by atoms with Gasteiger partial charge >= 0.3 is 11.7 Å². The second kappa shape index (κ2) is 5.71. The van der Waals surface area contributed by atoms with Crippen molar-refractivity contribution in [3.63, 3.8) is 0 Å². The van der Waals surface area contributed by atoms with Gasteiger partial charge in [0.15, 0.2) is 0 Å². The van der Waals surface area contributed by atoms with Crippen molar-refractivity contribution >= 4 is 23.1 Å². The molecule has 9 heteroatoms. The van der Waals surface area contributed by atoms with Crippen LogP contribution in [0.1, 0.15) is 11.4 Å². The molecule has 21 heavy (non-hydrogen) atoms. The van der Waals surface area contributed by atoms with Gasteiger partial charge in [0, 0.05) is 11.8 Å². The fourth-order valence-electron chi connectivity index (χ4n) is 1.56. The van der Waals surface area contributed by atoms with Gasteiger partial charge < -0.3 is 10.5 Å². The fourth-order valence-corrected chi connectivity index (χ4v) is 1.77. The van der Waals surface area contributed by atoms with Gasteiger partial charge in [-0.05, 0) is 19.1 Å². The van der Waals surface area contributed by atoms with Gasteiger partial charge in [0.05, 0.1) is 9.95 Å². The highest BCUT2D eigenvalue weighted by Crippen LogP contribution is 2.36. The predicted molar refractivity (Wildman–Crippen MR) is 76.0 cm³/mol. The van der Waals surface area contributed by atoms with E-state index in [-0.39, 0.29) is 34.0 Å². The summed E-state index contributed by atoms with van der Waals surface area (Å²) < 4.78 is 5.33. The molecule has 0 bridgehead atoms. The maximum atomic E-state index is 11.0. The van der Waals surface area contributed by atoms with E-state index < -0.39 is 4.92 Å². The number of amidine groups is 1. The van der Waals surface area contributed by atoms with Crippen LogP contribution in [-0.4, -0.2) is 20.7 Å². The van der Waals surface area contributed by atoms with Crippen LogP contribution in [0, 0.1) is 22.4 Å². The van der Waals surface area contributed by atoms with Crippen molar-refractivity contribution in [2.45, 2.75) is 6.92 Å². The molecule has 0 radical (unpaired) electrons. The lowest BCUT2D eigenvalue weighted by molar-refractivity contribution is -0.385. The van der Waals surface area contributed by atoms with E-state index in [1.165, 1.54) is 24.3 Å². The molecule has 0 aliphatic heterocycles. The van der Waals surface area contributed by atoms with Crippen LogP contribution in [0.25, 0.3) is 0 Å². The largest absolute Gasteiger partial charge is 0.415 e. The number of nitrogen functional groups attached to an aromatic ring is 1. The van der Waals surface area contributed by atoms with Crippen molar-refractivity contribution in [2.75, 3.05) is 0 Å². The lowest BCUT2D eigenvalue weighted by atomic mass is 10.3. The molecule has 0 spiro atoms. The third kappa shape index (κ3) is 3.23. The highest BCUT2D eigenvalue weighted by Gasteiger charge is 2.20. The Morgan fingerprint density at radius 2 is 2.19 bits per heavy atom. The molecule has 108 valence electrons. The SMILES string of the molecule is Cc1cc(C(=N)N)nc(Oc2c(Cl)cccc2[N+](=O)[O-])n1. The number of halogens is 1. The number of rotatable bonds is 4. The number of aryl methyl sites for hydroxylation is 1. The summed E-state index contributed by atoms with van der Waals surface area (Å²) >= 11 is 5.91. The number of hydrogen-bond acceptors (Lipinski definition) is 6. The first kappa shape index (κ1) is 14.7. The quantitative estimate of drug-likeness (QED) is 0.386. The van der Waals surface area contributed by atoms with E-state index in [0.717, 1.165) is 0 Å². The van der Waals surface area contributed by atoms with Crippen molar-refractivity contribution in [3.05, 3.63) is 50.8 Å². The molecular formula is C12H10ClN5O3. The second-order valence-electron chi connectivity index (χ2n) is 4.04. The van der Waals surface area contributed by atoms with Crippen LogP contribution in [0.2, 0.25) is 5.02 Å². The molecule has 1 heterocycles. The number of nitrogens with one attached hydrogen (secondary N) is 1. The molecule has 0 saturated heterocycles. The van der Waals surface area contributed by atoms with E-state index in [2.05, 4.69) is 9.97 Å². The van der Waals surface area contributed by atoms with Gasteiger partial charge in [-0.15, -0.1) is 0 Å². The average molecular weight is 308 g/mol. The molecule has 8 nitrogen and oxygen atoms in total. The molecule has 1 aromatic carbocycles. The normalized spacial score (nSPS) is 10.2. The van der Waals surface area contributed by atoms with Gasteiger partial charge in [-0.25, -0.2) is 4.98 Å². The van der Waals surface area contributed by atoms with Gasteiger partial charge in [-0.2, -0.15) is 4.98 Å². The van der Waals surface area contributed by atoms with Crippen LogP contribution in [0.3, 0.4) is 0 Å². The Balaban J connectivity index is 2.48. The summed E-state index contributed by atoms with van der Waals surface area (Å²) in [5.41, 5.74) is 5.71. The minimum absolute atomic E-state index is 0.0543. The molecular weight excluding hydrogens is 298 g/mol. The molecule has 0 unspecified atom stereocenters. The summed E-state index contributed by atoms with van der Waals surface area (Å²) in [6, 6.07) is 5.47. The fraction of sp³-hybridized carbons (Fsp3) is 0.0833. The highest BCUT2D eigenvalue weighted by atomic mass is 35.5. The van der Waals surface area contributed by atoms with Crippen LogP contribution in [0.15, 0.2) is 24.3 Å². The Morgan fingerprint density at radius 1 is 1.48 bits per heavy atom. The standard InChI is InChI=1S/C12H10ClN5O3/c1-6-5-8(11(14)15)17-12(16-6)21-10-7(13)3-2-4-9(10)18(19)20/h2-5H,1H3,(H3,14,15). The van der Waals surface area contributed by atoms with E-state index in [1.54, 1.807) is 6.92 Å². The molecule has 0 aliphatic rings. The van der Waals surface area contributed by atoms with Crippen LogP contribution in [0.4, 0.5) is 5.69 Å². The van der Waals surface area contributed by atoms with E-state index in [1.807, 2.05) is 0 Å². The predicted octanol–water partition coefficient (Wildman–Crippen LogP) is 2.42. The van der Waals surface area contributed by atoms with E-state index in [9.17, 15) is 10.1 Å². The van der Waals surface area contributed by atoms with Crippen molar-refractivity contribution in [2.24, 2.45) is 5.73 Å². The summed E-state index contributed by atoms with van der Waals surface area (Å²) in [5, 5.41) is 18.4.